The molecule has 1 fully saturated rings. The van der Waals surface area contributed by atoms with Crippen molar-refractivity contribution < 1.29 is 4.79 Å². The Hall–Kier alpha value is -2.09. The number of carbonyl (C=O) groups excluding carboxylic acids is 1. The molecule has 2 rings (SSSR count). The van der Waals surface area contributed by atoms with Gasteiger partial charge in [0.15, 0.2) is 0 Å². The summed E-state index contributed by atoms with van der Waals surface area (Å²) in [4.78, 5) is 29.5. The second kappa shape index (κ2) is 7.86. The first-order valence-electron chi connectivity index (χ1n) is 9.25. The van der Waals surface area contributed by atoms with Gasteiger partial charge in [-0.15, -0.1) is 0 Å². The van der Waals surface area contributed by atoms with Crippen LogP contribution in [0.2, 0.25) is 0 Å². The number of pyridine rings is 1. The molecule has 1 aliphatic rings. The lowest BCUT2D eigenvalue weighted by Crippen LogP contribution is -2.43. The molecule has 0 aromatic carbocycles. The number of nitrogens with zero attached hydrogens (tertiary/aromatic N) is 2. The van der Waals surface area contributed by atoms with E-state index in [2.05, 4.69) is 30.7 Å². The van der Waals surface area contributed by atoms with Crippen molar-refractivity contribution in [1.82, 2.24) is 9.88 Å². The van der Waals surface area contributed by atoms with Gasteiger partial charge in [-0.05, 0) is 57.1 Å². The van der Waals surface area contributed by atoms with Gasteiger partial charge in [0.25, 0.3) is 5.56 Å². The molecule has 1 aromatic heterocycles. The molecule has 0 radical (unpaired) electrons. The minimum Gasteiger partial charge on any atom is -0.337 e. The van der Waals surface area contributed by atoms with Gasteiger partial charge in [-0.25, -0.2) is 0 Å². The van der Waals surface area contributed by atoms with Crippen LogP contribution in [0.25, 0.3) is 0 Å². The zero-order chi connectivity index (χ0) is 18.7. The van der Waals surface area contributed by atoms with Gasteiger partial charge < -0.3 is 9.88 Å². The third kappa shape index (κ3) is 4.12. The van der Waals surface area contributed by atoms with Crippen LogP contribution in [0.15, 0.2) is 4.79 Å². The average Bonchev–Trinajstić information content (AvgIpc) is 3.38. The Labute approximate surface area is 150 Å². The normalized spacial score (nSPS) is 16.2. The highest BCUT2D eigenvalue weighted by Crippen LogP contribution is 2.32. The molecule has 5 nitrogen and oxygen atoms in total. The molecule has 1 aromatic rings. The van der Waals surface area contributed by atoms with Gasteiger partial charge in [0.1, 0.15) is 11.6 Å². The summed E-state index contributed by atoms with van der Waals surface area (Å²) in [6.45, 7) is 10.1. The number of hydrogen-bond acceptors (Lipinski definition) is 3. The first-order valence-corrected chi connectivity index (χ1v) is 9.25. The fourth-order valence-corrected chi connectivity index (χ4v) is 3.51. The van der Waals surface area contributed by atoms with Crippen LogP contribution in [-0.2, 0) is 11.2 Å². The standard InChI is InChI=1S/C20H29N3O2/c1-6-12(2)15(5)23(16-7-8-16)19(24)10-9-17-13(3)18(11-21)20(25)22-14(17)4/h12,15-16H,6-10H2,1-5H3,(H,22,25). The number of aromatic amines is 1. The summed E-state index contributed by atoms with van der Waals surface area (Å²) in [5.74, 6) is 0.658. The fraction of sp³-hybridized carbons (Fsp3) is 0.650. The van der Waals surface area contributed by atoms with Crippen LogP contribution < -0.4 is 5.56 Å². The zero-order valence-electron chi connectivity index (χ0n) is 16.0. The molecule has 0 saturated heterocycles. The Morgan fingerprint density at radius 1 is 1.36 bits per heavy atom. The highest BCUT2D eigenvalue weighted by Gasteiger charge is 2.36. The van der Waals surface area contributed by atoms with Crippen LogP contribution in [0.1, 0.15) is 68.8 Å². The van der Waals surface area contributed by atoms with Crippen LogP contribution >= 0.6 is 0 Å². The van der Waals surface area contributed by atoms with Crippen molar-refractivity contribution in [2.24, 2.45) is 5.92 Å². The van der Waals surface area contributed by atoms with Crippen molar-refractivity contribution in [1.29, 1.82) is 5.26 Å². The fourth-order valence-electron chi connectivity index (χ4n) is 3.51. The Bertz CT molecular complexity index is 741. The van der Waals surface area contributed by atoms with E-state index in [1.54, 1.807) is 6.92 Å². The van der Waals surface area contributed by atoms with E-state index >= 15 is 0 Å². The number of nitrogens with one attached hydrogen (secondary N) is 1. The van der Waals surface area contributed by atoms with Crippen molar-refractivity contribution in [3.8, 4) is 6.07 Å². The second-order valence-electron chi connectivity index (χ2n) is 7.33. The van der Waals surface area contributed by atoms with Crippen LogP contribution in [0.5, 0.6) is 0 Å². The zero-order valence-corrected chi connectivity index (χ0v) is 16.0. The Balaban J connectivity index is 2.16. The summed E-state index contributed by atoms with van der Waals surface area (Å²) in [6.07, 6.45) is 4.22. The molecule has 1 N–H and O–H groups in total. The predicted molar refractivity (Wildman–Crippen MR) is 98.4 cm³/mol. The summed E-state index contributed by atoms with van der Waals surface area (Å²) < 4.78 is 0. The molecule has 1 aliphatic carbocycles. The molecule has 2 atom stereocenters. The predicted octanol–water partition coefficient (Wildman–Crippen LogP) is 3.22. The van der Waals surface area contributed by atoms with E-state index in [9.17, 15) is 14.9 Å². The van der Waals surface area contributed by atoms with Gasteiger partial charge in [0.05, 0.1) is 0 Å². The molecule has 136 valence electrons. The molecule has 2 unspecified atom stereocenters. The smallest absolute Gasteiger partial charge is 0.266 e. The Morgan fingerprint density at radius 3 is 2.52 bits per heavy atom. The van der Waals surface area contributed by atoms with Gasteiger partial charge in [-0.2, -0.15) is 5.26 Å². The molecular formula is C20H29N3O2. The topological polar surface area (TPSA) is 77.0 Å². The quantitative estimate of drug-likeness (QED) is 0.826. The molecule has 0 spiro atoms. The van der Waals surface area contributed by atoms with Gasteiger partial charge in [-0.3, -0.25) is 9.59 Å². The highest BCUT2D eigenvalue weighted by atomic mass is 16.2. The van der Waals surface area contributed by atoms with E-state index in [4.69, 9.17) is 0 Å². The third-order valence-corrected chi connectivity index (χ3v) is 5.64. The number of H-pyrrole nitrogens is 1. The number of rotatable bonds is 7. The van der Waals surface area contributed by atoms with Crippen LogP contribution in [0.3, 0.4) is 0 Å². The molecule has 25 heavy (non-hydrogen) atoms. The van der Waals surface area contributed by atoms with Gasteiger partial charge in [0.2, 0.25) is 5.91 Å². The molecular weight excluding hydrogens is 314 g/mol. The van der Waals surface area contributed by atoms with E-state index in [-0.39, 0.29) is 23.1 Å². The monoisotopic (exact) mass is 343 g/mol. The van der Waals surface area contributed by atoms with Gasteiger partial charge in [-0.1, -0.05) is 20.3 Å². The number of nitriles is 1. The van der Waals surface area contributed by atoms with Crippen molar-refractivity contribution in [3.05, 3.63) is 32.7 Å². The SMILES string of the molecule is CCC(C)C(C)N(C(=O)CCc1c(C)[nH]c(=O)c(C#N)c1C)C1CC1. The Kier molecular flexibility index (Phi) is 6.05. The number of hydrogen-bond donors (Lipinski definition) is 1. The highest BCUT2D eigenvalue weighted by molar-refractivity contribution is 5.77. The first kappa shape index (κ1) is 19.2. The number of carbonyl (C=O) groups is 1. The molecule has 0 aliphatic heterocycles. The summed E-state index contributed by atoms with van der Waals surface area (Å²) in [6, 6.07) is 2.61. The second-order valence-corrected chi connectivity index (χ2v) is 7.33. The maximum atomic E-state index is 12.9. The molecule has 1 saturated carbocycles. The maximum absolute atomic E-state index is 12.9. The number of aromatic nitrogens is 1. The van der Waals surface area contributed by atoms with Crippen LogP contribution in [0, 0.1) is 31.1 Å². The van der Waals surface area contributed by atoms with Crippen molar-refractivity contribution in [2.75, 3.05) is 0 Å². The summed E-state index contributed by atoms with van der Waals surface area (Å²) in [7, 11) is 0. The van der Waals surface area contributed by atoms with E-state index in [0.717, 1.165) is 30.5 Å². The lowest BCUT2D eigenvalue weighted by atomic mass is 9.96. The minimum absolute atomic E-state index is 0.153. The minimum atomic E-state index is -0.349. The number of amides is 1. The first-order chi connectivity index (χ1) is 11.8. The summed E-state index contributed by atoms with van der Waals surface area (Å²) in [5, 5.41) is 9.18. The molecule has 5 heteroatoms. The summed E-state index contributed by atoms with van der Waals surface area (Å²) >= 11 is 0. The van der Waals surface area contributed by atoms with Crippen molar-refractivity contribution >= 4 is 5.91 Å². The van der Waals surface area contributed by atoms with E-state index in [1.165, 1.54) is 0 Å². The van der Waals surface area contributed by atoms with Crippen LogP contribution in [-0.4, -0.2) is 27.9 Å². The van der Waals surface area contributed by atoms with E-state index in [0.29, 0.717) is 30.4 Å². The molecule has 1 heterocycles. The van der Waals surface area contributed by atoms with Crippen molar-refractivity contribution in [2.45, 2.75) is 78.8 Å². The average molecular weight is 343 g/mol. The van der Waals surface area contributed by atoms with Crippen molar-refractivity contribution in [3.63, 3.8) is 0 Å². The lowest BCUT2D eigenvalue weighted by molar-refractivity contribution is -0.134. The van der Waals surface area contributed by atoms with Crippen LogP contribution in [0.4, 0.5) is 0 Å². The van der Waals surface area contributed by atoms with Gasteiger partial charge in [0, 0.05) is 24.2 Å². The summed E-state index contributed by atoms with van der Waals surface area (Å²) in [5.41, 5.74) is 2.17. The molecule has 1 amide bonds. The van der Waals surface area contributed by atoms with E-state index < -0.39 is 0 Å². The van der Waals surface area contributed by atoms with E-state index in [1.807, 2.05) is 13.0 Å². The van der Waals surface area contributed by atoms with Gasteiger partial charge >= 0.3 is 0 Å². The lowest BCUT2D eigenvalue weighted by Gasteiger charge is -2.33. The third-order valence-electron chi connectivity index (χ3n) is 5.64. The maximum Gasteiger partial charge on any atom is 0.266 e. The molecule has 0 bridgehead atoms. The largest absolute Gasteiger partial charge is 0.337 e. The Morgan fingerprint density at radius 2 is 2.00 bits per heavy atom. The number of aryl methyl sites for hydroxylation is 1.